The number of rotatable bonds is 5. The number of carbonyl (C=O) groups excluding carboxylic acids is 1. The summed E-state index contributed by atoms with van der Waals surface area (Å²) in [6.45, 7) is 1.53. The molecule has 1 atom stereocenters. The summed E-state index contributed by atoms with van der Waals surface area (Å²) in [4.78, 5) is 12.1. The van der Waals surface area contributed by atoms with Gasteiger partial charge in [0.15, 0.2) is 5.78 Å². The lowest BCUT2D eigenvalue weighted by Crippen LogP contribution is -2.08. The first-order valence-electron chi connectivity index (χ1n) is 6.69. The van der Waals surface area contributed by atoms with Crippen LogP contribution < -0.4 is 4.74 Å². The predicted molar refractivity (Wildman–Crippen MR) is 68.0 cm³/mol. The quantitative estimate of drug-likeness (QED) is 0.749. The maximum Gasteiger partial charge on any atom is 0.163 e. The van der Waals surface area contributed by atoms with Gasteiger partial charge in [-0.1, -0.05) is 0 Å². The third kappa shape index (κ3) is 2.91. The van der Waals surface area contributed by atoms with Crippen LogP contribution in [0.15, 0.2) is 24.3 Å². The van der Waals surface area contributed by atoms with Crippen molar-refractivity contribution in [2.24, 2.45) is 5.92 Å². The lowest BCUT2D eigenvalue weighted by molar-refractivity contribution is 0.0952. The van der Waals surface area contributed by atoms with Crippen molar-refractivity contribution in [3.8, 4) is 5.75 Å². The van der Waals surface area contributed by atoms with E-state index in [-0.39, 0.29) is 5.78 Å². The van der Waals surface area contributed by atoms with E-state index in [0.717, 1.165) is 43.8 Å². The molecule has 3 heteroatoms. The van der Waals surface area contributed by atoms with Crippen molar-refractivity contribution in [2.75, 3.05) is 13.2 Å². The van der Waals surface area contributed by atoms with Crippen molar-refractivity contribution in [3.05, 3.63) is 29.8 Å². The highest BCUT2D eigenvalue weighted by atomic mass is 16.5. The summed E-state index contributed by atoms with van der Waals surface area (Å²) in [5.74, 6) is 1.49. The molecule has 3 nitrogen and oxygen atoms in total. The van der Waals surface area contributed by atoms with Crippen LogP contribution in [0.25, 0.3) is 0 Å². The zero-order valence-electron chi connectivity index (χ0n) is 10.4. The highest BCUT2D eigenvalue weighted by Gasteiger charge is 2.23. The van der Waals surface area contributed by atoms with E-state index in [9.17, 15) is 4.79 Å². The van der Waals surface area contributed by atoms with Gasteiger partial charge in [-0.3, -0.25) is 4.79 Å². The molecule has 1 unspecified atom stereocenters. The molecule has 0 radical (unpaired) electrons. The fourth-order valence-corrected chi connectivity index (χ4v) is 2.22. The second-order valence-corrected chi connectivity index (χ2v) is 5.20. The molecular formula is C15H18O3. The van der Waals surface area contributed by atoms with Crippen molar-refractivity contribution in [1.29, 1.82) is 0 Å². The molecular weight excluding hydrogens is 228 g/mol. The van der Waals surface area contributed by atoms with Gasteiger partial charge in [0.25, 0.3) is 0 Å². The molecule has 0 N–H and O–H groups in total. The third-order valence-electron chi connectivity index (χ3n) is 3.50. The molecule has 0 bridgehead atoms. The second-order valence-electron chi connectivity index (χ2n) is 5.20. The summed E-state index contributed by atoms with van der Waals surface area (Å²) in [7, 11) is 0. The SMILES string of the molecule is O=C(CC1CCOC1)c1ccc(OC2CC2)cc1. The molecule has 0 aromatic heterocycles. The smallest absolute Gasteiger partial charge is 0.163 e. The summed E-state index contributed by atoms with van der Waals surface area (Å²) in [6, 6.07) is 7.54. The fourth-order valence-electron chi connectivity index (χ4n) is 2.22. The van der Waals surface area contributed by atoms with Gasteiger partial charge in [0.05, 0.1) is 6.10 Å². The zero-order valence-corrected chi connectivity index (χ0v) is 10.4. The molecule has 0 spiro atoms. The van der Waals surface area contributed by atoms with E-state index >= 15 is 0 Å². The van der Waals surface area contributed by atoms with Crippen LogP contribution in [0.1, 0.15) is 36.0 Å². The predicted octanol–water partition coefficient (Wildman–Crippen LogP) is 2.84. The Morgan fingerprint density at radius 3 is 2.61 bits per heavy atom. The standard InChI is InChI=1S/C15H18O3/c16-15(9-11-7-8-17-10-11)12-1-3-13(4-2-12)18-14-5-6-14/h1-4,11,14H,5-10H2. The number of carbonyl (C=O) groups is 1. The molecule has 2 aliphatic rings. The molecule has 1 aromatic rings. The van der Waals surface area contributed by atoms with Gasteiger partial charge in [0.1, 0.15) is 5.75 Å². The van der Waals surface area contributed by atoms with Crippen molar-refractivity contribution in [3.63, 3.8) is 0 Å². The maximum atomic E-state index is 12.1. The maximum absolute atomic E-state index is 12.1. The van der Waals surface area contributed by atoms with Crippen molar-refractivity contribution in [1.82, 2.24) is 0 Å². The van der Waals surface area contributed by atoms with Gasteiger partial charge >= 0.3 is 0 Å². The Labute approximate surface area is 107 Å². The van der Waals surface area contributed by atoms with Gasteiger partial charge in [0.2, 0.25) is 0 Å². The highest BCUT2D eigenvalue weighted by molar-refractivity contribution is 5.96. The monoisotopic (exact) mass is 246 g/mol. The molecule has 96 valence electrons. The zero-order chi connectivity index (χ0) is 12.4. The van der Waals surface area contributed by atoms with Crippen LogP contribution in [0, 0.1) is 5.92 Å². The van der Waals surface area contributed by atoms with E-state index < -0.39 is 0 Å². The molecule has 1 saturated heterocycles. The van der Waals surface area contributed by atoms with Crippen molar-refractivity contribution >= 4 is 5.78 Å². The Balaban J connectivity index is 1.58. The van der Waals surface area contributed by atoms with E-state index in [1.807, 2.05) is 24.3 Å². The summed E-state index contributed by atoms with van der Waals surface area (Å²) in [5, 5.41) is 0. The molecule has 1 heterocycles. The Kier molecular flexibility index (Phi) is 3.33. The fraction of sp³-hybridized carbons (Fsp3) is 0.533. The summed E-state index contributed by atoms with van der Waals surface area (Å²) in [5.41, 5.74) is 0.782. The average molecular weight is 246 g/mol. The Bertz CT molecular complexity index is 414. The first-order valence-corrected chi connectivity index (χ1v) is 6.69. The van der Waals surface area contributed by atoms with Crippen LogP contribution in [0.2, 0.25) is 0 Å². The van der Waals surface area contributed by atoms with Gasteiger partial charge in [-0.15, -0.1) is 0 Å². The third-order valence-corrected chi connectivity index (χ3v) is 3.50. The molecule has 0 amide bonds. The number of benzene rings is 1. The molecule has 1 saturated carbocycles. The van der Waals surface area contributed by atoms with Crippen LogP contribution in [0.3, 0.4) is 0 Å². The lowest BCUT2D eigenvalue weighted by Gasteiger charge is -2.08. The van der Waals surface area contributed by atoms with Gasteiger partial charge in [0, 0.05) is 25.2 Å². The van der Waals surface area contributed by atoms with E-state index in [1.165, 1.54) is 0 Å². The minimum absolute atomic E-state index is 0.212. The normalized spacial score (nSPS) is 23.0. The van der Waals surface area contributed by atoms with Crippen LogP contribution in [-0.4, -0.2) is 25.1 Å². The average Bonchev–Trinajstić information content (AvgIpc) is 3.04. The Morgan fingerprint density at radius 2 is 2.00 bits per heavy atom. The Morgan fingerprint density at radius 1 is 1.22 bits per heavy atom. The number of Topliss-reactive ketones (excluding diaryl/α,β-unsaturated/α-hetero) is 1. The van der Waals surface area contributed by atoms with Gasteiger partial charge in [-0.2, -0.15) is 0 Å². The minimum Gasteiger partial charge on any atom is -0.490 e. The van der Waals surface area contributed by atoms with Gasteiger partial charge < -0.3 is 9.47 Å². The number of ketones is 1. The van der Waals surface area contributed by atoms with Crippen LogP contribution >= 0.6 is 0 Å². The summed E-state index contributed by atoms with van der Waals surface area (Å²) >= 11 is 0. The number of hydrogen-bond acceptors (Lipinski definition) is 3. The molecule has 1 aliphatic carbocycles. The van der Waals surface area contributed by atoms with E-state index in [1.54, 1.807) is 0 Å². The first kappa shape index (κ1) is 11.7. The molecule has 1 aliphatic heterocycles. The molecule has 1 aromatic carbocycles. The number of hydrogen-bond donors (Lipinski definition) is 0. The van der Waals surface area contributed by atoms with E-state index in [4.69, 9.17) is 9.47 Å². The van der Waals surface area contributed by atoms with Crippen molar-refractivity contribution in [2.45, 2.75) is 31.8 Å². The molecule has 2 fully saturated rings. The summed E-state index contributed by atoms with van der Waals surface area (Å²) < 4.78 is 11.0. The second kappa shape index (κ2) is 5.11. The summed E-state index contributed by atoms with van der Waals surface area (Å²) in [6.07, 6.45) is 4.32. The topological polar surface area (TPSA) is 35.5 Å². The lowest BCUT2D eigenvalue weighted by atomic mass is 9.98. The largest absolute Gasteiger partial charge is 0.490 e. The molecule has 18 heavy (non-hydrogen) atoms. The minimum atomic E-state index is 0.212. The van der Waals surface area contributed by atoms with E-state index in [0.29, 0.717) is 18.4 Å². The Hall–Kier alpha value is -1.35. The van der Waals surface area contributed by atoms with Crippen LogP contribution in [-0.2, 0) is 4.74 Å². The van der Waals surface area contributed by atoms with Crippen LogP contribution in [0.5, 0.6) is 5.75 Å². The van der Waals surface area contributed by atoms with E-state index in [2.05, 4.69) is 0 Å². The van der Waals surface area contributed by atoms with Crippen molar-refractivity contribution < 1.29 is 14.3 Å². The number of ether oxygens (including phenoxy) is 2. The highest BCUT2D eigenvalue weighted by Crippen LogP contribution is 2.27. The first-order chi connectivity index (χ1) is 8.81. The van der Waals surface area contributed by atoms with Crippen LogP contribution in [0.4, 0.5) is 0 Å². The van der Waals surface area contributed by atoms with Gasteiger partial charge in [-0.05, 0) is 49.4 Å². The molecule has 3 rings (SSSR count). The van der Waals surface area contributed by atoms with Gasteiger partial charge in [-0.25, -0.2) is 0 Å².